The molecule has 166 valence electrons. The highest BCUT2D eigenvalue weighted by Gasteiger charge is 2.24. The zero-order valence-electron chi connectivity index (χ0n) is 18.1. The van der Waals surface area contributed by atoms with Crippen LogP contribution in [0.1, 0.15) is 51.6 Å². The number of pyridine rings is 2. The third kappa shape index (κ3) is 3.87. The Morgan fingerprint density at radius 3 is 2.94 bits per heavy atom. The van der Waals surface area contributed by atoms with Crippen molar-refractivity contribution in [2.45, 2.75) is 38.8 Å². The maximum Gasteiger partial charge on any atom is 0.254 e. The lowest BCUT2D eigenvalue weighted by atomic mass is 10.1. The molecule has 5 aromatic rings. The Kier molecular flexibility index (Phi) is 4.69. The molecule has 1 N–H and O–H groups in total. The minimum Gasteiger partial charge on any atom is -0.346 e. The predicted octanol–water partition coefficient (Wildman–Crippen LogP) is 4.00. The van der Waals surface area contributed by atoms with Crippen LogP contribution in [-0.4, -0.2) is 34.5 Å². The highest BCUT2D eigenvalue weighted by Crippen LogP contribution is 2.40. The number of carbonyl (C=O) groups is 1. The van der Waals surface area contributed by atoms with Gasteiger partial charge in [0, 0.05) is 29.8 Å². The number of imidazole rings is 2. The van der Waals surface area contributed by atoms with Crippen LogP contribution in [-0.2, 0) is 13.1 Å². The molecule has 0 aromatic carbocycles. The lowest BCUT2D eigenvalue weighted by molar-refractivity contribution is 0.0950. The summed E-state index contributed by atoms with van der Waals surface area (Å²) in [5.41, 5.74) is 6.55. The Bertz CT molecular complexity index is 1510. The number of hydrogen-bond acceptors (Lipinski definition) is 4. The Morgan fingerprint density at radius 2 is 2.09 bits per heavy atom. The molecule has 0 aliphatic heterocycles. The molecule has 33 heavy (non-hydrogen) atoms. The molecule has 0 spiro atoms. The van der Waals surface area contributed by atoms with Crippen molar-refractivity contribution in [3.8, 4) is 0 Å². The SMILES string of the molecule is Cc1cc(C2CC2)cn2cc(Cn3cc(C(=O)NCc4ncn5ccc(Cl)cc45)cn3)nc12. The Hall–Kier alpha value is -3.65. The molecule has 0 bridgehead atoms. The zero-order valence-corrected chi connectivity index (χ0v) is 18.8. The van der Waals surface area contributed by atoms with Crippen LogP contribution in [0.15, 0.2) is 55.5 Å². The number of nitrogens with one attached hydrogen (secondary N) is 1. The average molecular weight is 460 g/mol. The van der Waals surface area contributed by atoms with E-state index in [2.05, 4.69) is 39.0 Å². The molecule has 1 aliphatic carbocycles. The van der Waals surface area contributed by atoms with E-state index >= 15 is 0 Å². The number of rotatable bonds is 6. The summed E-state index contributed by atoms with van der Waals surface area (Å²) in [5.74, 6) is 0.493. The first-order chi connectivity index (χ1) is 16.0. The summed E-state index contributed by atoms with van der Waals surface area (Å²) >= 11 is 6.09. The van der Waals surface area contributed by atoms with Crippen LogP contribution in [0.5, 0.6) is 0 Å². The van der Waals surface area contributed by atoms with Crippen LogP contribution >= 0.6 is 11.6 Å². The standard InChI is InChI=1S/C24H22ClN7O/c1-15-6-17(16-2-3-16)10-31-12-20(29-23(15)31)13-32-11-18(8-28-32)24(33)26-9-21-22-7-19(25)4-5-30(22)14-27-21/h4-8,10-12,14,16H,2-3,9,13H2,1H3,(H,26,33). The first-order valence-electron chi connectivity index (χ1n) is 10.9. The second-order valence-electron chi connectivity index (χ2n) is 8.63. The van der Waals surface area contributed by atoms with Gasteiger partial charge in [-0.1, -0.05) is 17.7 Å². The Labute approximate surface area is 194 Å². The number of aryl methyl sites for hydroxylation is 1. The summed E-state index contributed by atoms with van der Waals surface area (Å²) in [6, 6.07) is 5.87. The van der Waals surface area contributed by atoms with Crippen LogP contribution in [0, 0.1) is 6.92 Å². The van der Waals surface area contributed by atoms with Crippen molar-refractivity contribution in [2.24, 2.45) is 0 Å². The molecule has 1 fully saturated rings. The van der Waals surface area contributed by atoms with E-state index in [1.165, 1.54) is 24.0 Å². The Balaban J connectivity index is 1.15. The first kappa shape index (κ1) is 20.0. The summed E-state index contributed by atoms with van der Waals surface area (Å²) in [4.78, 5) is 21.8. The molecule has 0 unspecified atom stereocenters. The van der Waals surface area contributed by atoms with Gasteiger partial charge in [-0.3, -0.25) is 9.48 Å². The summed E-state index contributed by atoms with van der Waals surface area (Å²) in [7, 11) is 0. The van der Waals surface area contributed by atoms with E-state index in [-0.39, 0.29) is 5.91 Å². The van der Waals surface area contributed by atoms with Crippen LogP contribution in [0.25, 0.3) is 11.2 Å². The van der Waals surface area contributed by atoms with E-state index in [1.807, 2.05) is 22.9 Å². The molecule has 0 saturated heterocycles. The van der Waals surface area contributed by atoms with Crippen molar-refractivity contribution < 1.29 is 4.79 Å². The largest absolute Gasteiger partial charge is 0.346 e. The fourth-order valence-electron chi connectivity index (χ4n) is 4.21. The maximum atomic E-state index is 12.7. The van der Waals surface area contributed by atoms with Crippen molar-refractivity contribution in [2.75, 3.05) is 0 Å². The van der Waals surface area contributed by atoms with Crippen LogP contribution in [0.2, 0.25) is 5.02 Å². The number of nitrogens with zero attached hydrogens (tertiary/aromatic N) is 6. The van der Waals surface area contributed by atoms with E-state index in [4.69, 9.17) is 16.6 Å². The quantitative estimate of drug-likeness (QED) is 0.416. The van der Waals surface area contributed by atoms with Gasteiger partial charge in [0.05, 0.1) is 48.1 Å². The third-order valence-corrected chi connectivity index (χ3v) is 6.31. The predicted molar refractivity (Wildman–Crippen MR) is 125 cm³/mol. The van der Waals surface area contributed by atoms with Crippen molar-refractivity contribution >= 4 is 28.7 Å². The van der Waals surface area contributed by atoms with Gasteiger partial charge < -0.3 is 14.1 Å². The molecule has 5 heterocycles. The highest BCUT2D eigenvalue weighted by molar-refractivity contribution is 6.30. The molecule has 0 radical (unpaired) electrons. The molecule has 8 nitrogen and oxygen atoms in total. The molecule has 5 aromatic heterocycles. The van der Waals surface area contributed by atoms with Gasteiger partial charge >= 0.3 is 0 Å². The highest BCUT2D eigenvalue weighted by atomic mass is 35.5. The molecule has 6 rings (SSSR count). The van der Waals surface area contributed by atoms with Gasteiger partial charge in [-0.2, -0.15) is 5.10 Å². The number of fused-ring (bicyclic) bond motifs is 2. The Morgan fingerprint density at radius 1 is 1.21 bits per heavy atom. The lowest BCUT2D eigenvalue weighted by Gasteiger charge is -2.02. The van der Waals surface area contributed by atoms with Crippen molar-refractivity contribution in [3.63, 3.8) is 0 Å². The second kappa shape index (κ2) is 7.74. The number of aromatic nitrogens is 6. The van der Waals surface area contributed by atoms with Gasteiger partial charge in [-0.25, -0.2) is 9.97 Å². The molecule has 1 aliphatic rings. The second-order valence-corrected chi connectivity index (χ2v) is 9.07. The van der Waals surface area contributed by atoms with E-state index in [0.29, 0.717) is 29.6 Å². The van der Waals surface area contributed by atoms with Gasteiger partial charge in [0.25, 0.3) is 5.91 Å². The maximum absolute atomic E-state index is 12.7. The fourth-order valence-corrected chi connectivity index (χ4v) is 4.37. The van der Waals surface area contributed by atoms with Crippen molar-refractivity contribution in [1.82, 2.24) is 33.9 Å². The van der Waals surface area contributed by atoms with E-state index < -0.39 is 0 Å². The van der Waals surface area contributed by atoms with E-state index in [1.54, 1.807) is 29.5 Å². The summed E-state index contributed by atoms with van der Waals surface area (Å²) in [6.07, 6.45) is 13.6. The average Bonchev–Trinajstić information content (AvgIpc) is 3.21. The minimum atomic E-state index is -0.204. The molecular weight excluding hydrogens is 438 g/mol. The van der Waals surface area contributed by atoms with Crippen LogP contribution in [0.4, 0.5) is 0 Å². The minimum absolute atomic E-state index is 0.204. The van der Waals surface area contributed by atoms with Gasteiger partial charge in [0.1, 0.15) is 5.65 Å². The fraction of sp³-hybridized carbons (Fsp3) is 0.250. The molecule has 0 atom stereocenters. The molecule has 9 heteroatoms. The number of carbonyl (C=O) groups excluding carboxylic acids is 1. The molecule has 1 saturated carbocycles. The number of hydrogen-bond donors (Lipinski definition) is 1. The van der Waals surface area contributed by atoms with Crippen LogP contribution < -0.4 is 5.32 Å². The molecule has 1 amide bonds. The van der Waals surface area contributed by atoms with Crippen LogP contribution in [0.3, 0.4) is 0 Å². The number of halogens is 1. The van der Waals surface area contributed by atoms with Gasteiger partial charge in [-0.05, 0) is 48.9 Å². The lowest BCUT2D eigenvalue weighted by Crippen LogP contribution is -2.22. The topological polar surface area (TPSA) is 81.5 Å². The van der Waals surface area contributed by atoms with Gasteiger partial charge in [0.15, 0.2) is 0 Å². The normalized spacial score (nSPS) is 13.8. The van der Waals surface area contributed by atoms with E-state index in [0.717, 1.165) is 22.6 Å². The van der Waals surface area contributed by atoms with Crippen molar-refractivity contribution in [1.29, 1.82) is 0 Å². The first-order valence-corrected chi connectivity index (χ1v) is 11.3. The zero-order chi connectivity index (χ0) is 22.5. The summed E-state index contributed by atoms with van der Waals surface area (Å²) in [6.45, 7) is 2.90. The number of amides is 1. The molecular formula is C24H22ClN7O. The summed E-state index contributed by atoms with van der Waals surface area (Å²) < 4.78 is 5.71. The summed E-state index contributed by atoms with van der Waals surface area (Å²) in [5, 5.41) is 7.90. The van der Waals surface area contributed by atoms with E-state index in [9.17, 15) is 4.79 Å². The van der Waals surface area contributed by atoms with Crippen molar-refractivity contribution in [3.05, 3.63) is 88.6 Å². The third-order valence-electron chi connectivity index (χ3n) is 6.07. The van der Waals surface area contributed by atoms with Gasteiger partial charge in [0.2, 0.25) is 0 Å². The van der Waals surface area contributed by atoms with Gasteiger partial charge in [-0.15, -0.1) is 0 Å². The monoisotopic (exact) mass is 459 g/mol. The smallest absolute Gasteiger partial charge is 0.254 e.